The number of carbonyl (C=O) groups is 1. The average molecular weight is 422 g/mol. The first-order valence-corrected chi connectivity index (χ1v) is 8.93. The Morgan fingerprint density at radius 3 is 2.43 bits per heavy atom. The zero-order valence-electron chi connectivity index (χ0n) is 11.5. The Morgan fingerprint density at radius 2 is 1.83 bits per heavy atom. The summed E-state index contributed by atoms with van der Waals surface area (Å²) in [6, 6.07) is 9.59. The van der Waals surface area contributed by atoms with E-state index in [1.54, 1.807) is 6.07 Å². The van der Waals surface area contributed by atoms with Crippen molar-refractivity contribution in [2.75, 3.05) is 11.9 Å². The van der Waals surface area contributed by atoms with Crippen molar-refractivity contribution < 1.29 is 17.6 Å². The highest BCUT2D eigenvalue weighted by Gasteiger charge is 2.16. The summed E-state index contributed by atoms with van der Waals surface area (Å²) in [5.74, 6) is -1.32. The molecular weight excluding hydrogens is 411 g/mol. The van der Waals surface area contributed by atoms with Gasteiger partial charge in [-0.2, -0.15) is 0 Å². The van der Waals surface area contributed by atoms with Crippen molar-refractivity contribution in [3.05, 3.63) is 57.8 Å². The number of hydrogen-bond donors (Lipinski definition) is 2. The number of sulfonamides is 1. The molecule has 2 rings (SSSR count). The number of hydrogen-bond acceptors (Lipinski definition) is 3. The molecule has 0 bridgehead atoms. The summed E-state index contributed by atoms with van der Waals surface area (Å²) in [6.45, 7) is -0.527. The van der Waals surface area contributed by atoms with E-state index in [0.29, 0.717) is 9.50 Å². The van der Waals surface area contributed by atoms with Crippen molar-refractivity contribution in [2.45, 2.75) is 4.90 Å². The molecule has 122 valence electrons. The van der Waals surface area contributed by atoms with Crippen LogP contribution in [0.5, 0.6) is 0 Å². The van der Waals surface area contributed by atoms with Crippen molar-refractivity contribution in [1.29, 1.82) is 0 Å². The van der Waals surface area contributed by atoms with Crippen LogP contribution in [0, 0.1) is 5.82 Å². The minimum Gasteiger partial charge on any atom is -0.322 e. The molecule has 0 aliphatic rings. The molecule has 0 saturated carbocycles. The van der Waals surface area contributed by atoms with E-state index >= 15 is 0 Å². The first-order chi connectivity index (χ1) is 10.8. The van der Waals surface area contributed by atoms with E-state index in [2.05, 4.69) is 26.0 Å². The fourth-order valence-electron chi connectivity index (χ4n) is 1.64. The Balaban J connectivity index is 1.99. The molecule has 0 saturated heterocycles. The topological polar surface area (TPSA) is 75.3 Å². The summed E-state index contributed by atoms with van der Waals surface area (Å²) < 4.78 is 40.2. The number of halogens is 3. The van der Waals surface area contributed by atoms with E-state index in [9.17, 15) is 17.6 Å². The van der Waals surface area contributed by atoms with Crippen LogP contribution in [-0.4, -0.2) is 20.9 Å². The Morgan fingerprint density at radius 1 is 1.17 bits per heavy atom. The zero-order chi connectivity index (χ0) is 17.0. The number of rotatable bonds is 5. The molecular formula is C14H11BrClFN2O3S. The SMILES string of the molecule is O=C(CNS(=O)(=O)c1ccc(Cl)cc1)Nc1ccc(Br)cc1F. The van der Waals surface area contributed by atoms with Crippen molar-refractivity contribution in [3.8, 4) is 0 Å². The summed E-state index contributed by atoms with van der Waals surface area (Å²) in [4.78, 5) is 11.7. The first kappa shape index (κ1) is 17.9. The van der Waals surface area contributed by atoms with E-state index in [0.717, 1.165) is 0 Å². The maximum Gasteiger partial charge on any atom is 0.241 e. The van der Waals surface area contributed by atoms with Gasteiger partial charge < -0.3 is 5.32 Å². The third-order valence-electron chi connectivity index (χ3n) is 2.75. The maximum absolute atomic E-state index is 13.6. The lowest BCUT2D eigenvalue weighted by molar-refractivity contribution is -0.115. The lowest BCUT2D eigenvalue weighted by atomic mass is 10.3. The predicted molar refractivity (Wildman–Crippen MR) is 89.4 cm³/mol. The van der Waals surface area contributed by atoms with E-state index in [1.165, 1.54) is 36.4 Å². The molecule has 0 aliphatic carbocycles. The smallest absolute Gasteiger partial charge is 0.241 e. The van der Waals surface area contributed by atoms with Crippen LogP contribution >= 0.6 is 27.5 Å². The highest BCUT2D eigenvalue weighted by molar-refractivity contribution is 9.10. The minimum atomic E-state index is -3.85. The second-order valence-electron chi connectivity index (χ2n) is 4.45. The van der Waals surface area contributed by atoms with Gasteiger partial charge in [0.1, 0.15) is 5.82 Å². The van der Waals surface area contributed by atoms with Crippen molar-refractivity contribution in [1.82, 2.24) is 4.72 Å². The Bertz CT molecular complexity index is 828. The summed E-state index contributed by atoms with van der Waals surface area (Å²) in [7, 11) is -3.85. The van der Waals surface area contributed by atoms with Crippen LogP contribution in [0.15, 0.2) is 51.8 Å². The van der Waals surface area contributed by atoms with Gasteiger partial charge >= 0.3 is 0 Å². The van der Waals surface area contributed by atoms with Crippen molar-refractivity contribution in [3.63, 3.8) is 0 Å². The number of benzene rings is 2. The van der Waals surface area contributed by atoms with Gasteiger partial charge in [0.15, 0.2) is 0 Å². The van der Waals surface area contributed by atoms with E-state index in [-0.39, 0.29) is 10.6 Å². The third-order valence-corrected chi connectivity index (χ3v) is 4.91. The summed E-state index contributed by atoms with van der Waals surface area (Å²) in [5, 5.41) is 2.68. The quantitative estimate of drug-likeness (QED) is 0.779. The summed E-state index contributed by atoms with van der Waals surface area (Å²) in [6.07, 6.45) is 0. The second-order valence-corrected chi connectivity index (χ2v) is 7.57. The average Bonchev–Trinajstić information content (AvgIpc) is 2.49. The van der Waals surface area contributed by atoms with Gasteiger partial charge in [0.05, 0.1) is 17.1 Å². The van der Waals surface area contributed by atoms with Crippen LogP contribution in [0.3, 0.4) is 0 Å². The first-order valence-electron chi connectivity index (χ1n) is 6.28. The van der Waals surface area contributed by atoms with E-state index in [1.807, 2.05) is 0 Å². The molecule has 2 N–H and O–H groups in total. The number of anilines is 1. The summed E-state index contributed by atoms with van der Waals surface area (Å²) >= 11 is 8.78. The molecule has 0 unspecified atom stereocenters. The standard InChI is InChI=1S/C14H11BrClFN2O3S/c15-9-1-6-13(12(17)7-9)19-14(20)8-18-23(21,22)11-4-2-10(16)3-5-11/h1-7,18H,8H2,(H,19,20). The second kappa shape index (κ2) is 7.39. The van der Waals surface area contributed by atoms with Gasteiger partial charge in [0.2, 0.25) is 15.9 Å². The molecule has 0 heterocycles. The maximum atomic E-state index is 13.6. The molecule has 0 spiro atoms. The van der Waals surface area contributed by atoms with Gasteiger partial charge in [0.25, 0.3) is 0 Å². The molecule has 5 nitrogen and oxygen atoms in total. The van der Waals surface area contributed by atoms with Gasteiger partial charge in [-0.25, -0.2) is 17.5 Å². The van der Waals surface area contributed by atoms with E-state index < -0.39 is 28.3 Å². The van der Waals surface area contributed by atoms with Crippen molar-refractivity contribution >= 4 is 49.1 Å². The van der Waals surface area contributed by atoms with Crippen LogP contribution in [-0.2, 0) is 14.8 Å². The molecule has 23 heavy (non-hydrogen) atoms. The minimum absolute atomic E-state index is 0.0236. The van der Waals surface area contributed by atoms with Gasteiger partial charge in [-0.1, -0.05) is 27.5 Å². The molecule has 2 aromatic rings. The van der Waals surface area contributed by atoms with Gasteiger partial charge in [-0.15, -0.1) is 0 Å². The number of amides is 1. The van der Waals surface area contributed by atoms with Gasteiger partial charge in [-0.3, -0.25) is 4.79 Å². The van der Waals surface area contributed by atoms with Crippen LogP contribution in [0.25, 0.3) is 0 Å². The molecule has 0 aliphatic heterocycles. The lowest BCUT2D eigenvalue weighted by Gasteiger charge is -2.09. The summed E-state index contributed by atoms with van der Waals surface area (Å²) in [5.41, 5.74) is -0.0381. The molecule has 9 heteroatoms. The highest BCUT2D eigenvalue weighted by atomic mass is 79.9. The normalized spacial score (nSPS) is 11.3. The van der Waals surface area contributed by atoms with Crippen LogP contribution < -0.4 is 10.0 Å². The van der Waals surface area contributed by atoms with E-state index in [4.69, 9.17) is 11.6 Å². The van der Waals surface area contributed by atoms with Crippen LogP contribution in [0.4, 0.5) is 10.1 Å². The lowest BCUT2D eigenvalue weighted by Crippen LogP contribution is -2.33. The fraction of sp³-hybridized carbons (Fsp3) is 0.0714. The predicted octanol–water partition coefficient (Wildman–Crippen LogP) is 3.16. The third kappa shape index (κ3) is 5.00. The molecule has 0 aromatic heterocycles. The Hall–Kier alpha value is -1.48. The van der Waals surface area contributed by atoms with Crippen molar-refractivity contribution in [2.24, 2.45) is 0 Å². The van der Waals surface area contributed by atoms with Crippen LogP contribution in [0.1, 0.15) is 0 Å². The van der Waals surface area contributed by atoms with Crippen LogP contribution in [0.2, 0.25) is 5.02 Å². The van der Waals surface area contributed by atoms with Gasteiger partial charge in [-0.05, 0) is 42.5 Å². The Labute approximate surface area is 146 Å². The number of carbonyl (C=O) groups excluding carboxylic acids is 1. The molecule has 0 atom stereocenters. The number of nitrogens with one attached hydrogen (secondary N) is 2. The molecule has 1 amide bonds. The fourth-order valence-corrected chi connectivity index (χ4v) is 3.08. The molecule has 0 fully saturated rings. The largest absolute Gasteiger partial charge is 0.322 e. The monoisotopic (exact) mass is 420 g/mol. The highest BCUT2D eigenvalue weighted by Crippen LogP contribution is 2.19. The zero-order valence-corrected chi connectivity index (χ0v) is 14.7. The molecule has 0 radical (unpaired) electrons. The molecule has 2 aromatic carbocycles. The Kier molecular flexibility index (Phi) is 5.74. The van der Waals surface area contributed by atoms with Gasteiger partial charge in [0, 0.05) is 9.50 Å².